The number of hydrogen-bond donors (Lipinski definition) is 2. The fourth-order valence-electron chi connectivity index (χ4n) is 0.913. The number of hydrazine groups is 1. The molecule has 0 heterocycles. The second-order valence-electron chi connectivity index (χ2n) is 2.94. The largest absolute Gasteiger partial charge is 0.277 e. The predicted octanol–water partition coefficient (Wildman–Crippen LogP) is 0.563. The first kappa shape index (κ1) is 13.4. The van der Waals surface area contributed by atoms with Gasteiger partial charge in [0.15, 0.2) is 0 Å². The Balaban J connectivity index is 2.73. The van der Waals surface area contributed by atoms with Crippen molar-refractivity contribution in [3.63, 3.8) is 0 Å². The van der Waals surface area contributed by atoms with Crippen LogP contribution in [0.3, 0.4) is 0 Å². The number of halogens is 1. The normalized spacial score (nSPS) is 10.6. The summed E-state index contributed by atoms with van der Waals surface area (Å²) in [5, 5.41) is 8.61. The molecule has 2 N–H and O–H groups in total. The van der Waals surface area contributed by atoms with Crippen LogP contribution in [0.1, 0.15) is 6.42 Å². The van der Waals surface area contributed by atoms with E-state index in [0.717, 1.165) is 0 Å². The van der Waals surface area contributed by atoms with Crippen molar-refractivity contribution in [3.8, 4) is 6.07 Å². The van der Waals surface area contributed by atoms with Crippen molar-refractivity contribution >= 4 is 27.5 Å². The lowest BCUT2D eigenvalue weighted by Gasteiger charge is -2.06. The van der Waals surface area contributed by atoms with Crippen LogP contribution in [0.2, 0.25) is 5.02 Å². The SMILES string of the molecule is N#CCC(=O)NNS(=O)(=O)c1ccc(Cl)cc1. The summed E-state index contributed by atoms with van der Waals surface area (Å²) in [5.74, 6) is -0.731. The third-order valence-electron chi connectivity index (χ3n) is 1.69. The van der Waals surface area contributed by atoms with E-state index in [1.165, 1.54) is 24.3 Å². The van der Waals surface area contributed by atoms with E-state index < -0.39 is 22.4 Å². The molecule has 0 saturated heterocycles. The molecule has 0 fully saturated rings. The highest BCUT2D eigenvalue weighted by Gasteiger charge is 2.14. The first-order chi connectivity index (χ1) is 7.95. The Hall–Kier alpha value is -1.62. The number of sulfonamides is 1. The van der Waals surface area contributed by atoms with Crippen LogP contribution in [-0.4, -0.2) is 14.3 Å². The summed E-state index contributed by atoms with van der Waals surface area (Å²) in [7, 11) is -3.84. The number of carbonyl (C=O) groups excluding carboxylic acids is 1. The van der Waals surface area contributed by atoms with E-state index >= 15 is 0 Å². The third kappa shape index (κ3) is 4.03. The van der Waals surface area contributed by atoms with E-state index in [0.29, 0.717) is 5.02 Å². The minimum Gasteiger partial charge on any atom is -0.277 e. The maximum Gasteiger partial charge on any atom is 0.257 e. The van der Waals surface area contributed by atoms with E-state index in [-0.39, 0.29) is 4.90 Å². The molecule has 1 aromatic rings. The van der Waals surface area contributed by atoms with Crippen molar-refractivity contribution in [2.45, 2.75) is 11.3 Å². The van der Waals surface area contributed by atoms with Gasteiger partial charge in [0.25, 0.3) is 10.0 Å². The molecule has 17 heavy (non-hydrogen) atoms. The van der Waals surface area contributed by atoms with Gasteiger partial charge in [-0.2, -0.15) is 5.26 Å². The van der Waals surface area contributed by atoms with Crippen LogP contribution in [0.4, 0.5) is 0 Å². The van der Waals surface area contributed by atoms with E-state index in [1.54, 1.807) is 6.07 Å². The average Bonchev–Trinajstić information content (AvgIpc) is 2.28. The van der Waals surface area contributed by atoms with Crippen LogP contribution >= 0.6 is 11.6 Å². The van der Waals surface area contributed by atoms with Crippen molar-refractivity contribution in [3.05, 3.63) is 29.3 Å². The Labute approximate surface area is 103 Å². The van der Waals surface area contributed by atoms with E-state index in [4.69, 9.17) is 16.9 Å². The van der Waals surface area contributed by atoms with Gasteiger partial charge in [-0.15, -0.1) is 4.83 Å². The molecule has 0 unspecified atom stereocenters. The fraction of sp³-hybridized carbons (Fsp3) is 0.111. The molecule has 1 aromatic carbocycles. The molecule has 0 aliphatic carbocycles. The van der Waals surface area contributed by atoms with Crippen LogP contribution in [0, 0.1) is 11.3 Å². The zero-order valence-corrected chi connectivity index (χ0v) is 10.0. The highest BCUT2D eigenvalue weighted by Crippen LogP contribution is 2.13. The van der Waals surface area contributed by atoms with Gasteiger partial charge in [0.05, 0.1) is 11.0 Å². The molecule has 0 spiro atoms. The molecule has 0 atom stereocenters. The first-order valence-corrected chi connectivity index (χ1v) is 6.25. The molecule has 0 aliphatic heterocycles. The van der Waals surface area contributed by atoms with Gasteiger partial charge in [0.2, 0.25) is 5.91 Å². The molecule has 1 rings (SSSR count). The number of nitrogens with one attached hydrogen (secondary N) is 2. The molecule has 0 bridgehead atoms. The van der Waals surface area contributed by atoms with E-state index in [1.807, 2.05) is 10.3 Å². The zero-order chi connectivity index (χ0) is 12.9. The van der Waals surface area contributed by atoms with Crippen molar-refractivity contribution in [2.24, 2.45) is 0 Å². The molecule has 8 heteroatoms. The van der Waals surface area contributed by atoms with Crippen molar-refractivity contribution < 1.29 is 13.2 Å². The highest BCUT2D eigenvalue weighted by atomic mass is 35.5. The number of benzene rings is 1. The zero-order valence-electron chi connectivity index (χ0n) is 8.47. The van der Waals surface area contributed by atoms with E-state index in [2.05, 4.69) is 0 Å². The molecule has 0 aliphatic rings. The topological polar surface area (TPSA) is 99.1 Å². The van der Waals surface area contributed by atoms with Crippen LogP contribution in [0.15, 0.2) is 29.2 Å². The molecule has 6 nitrogen and oxygen atoms in total. The van der Waals surface area contributed by atoms with E-state index in [9.17, 15) is 13.2 Å². The Bertz CT molecular complexity index is 548. The summed E-state index contributed by atoms with van der Waals surface area (Å²) in [6.07, 6.45) is -0.427. The summed E-state index contributed by atoms with van der Waals surface area (Å²) in [4.78, 5) is 12.7. The molecule has 0 aromatic heterocycles. The van der Waals surface area contributed by atoms with Crippen molar-refractivity contribution in [1.82, 2.24) is 10.3 Å². The van der Waals surface area contributed by atoms with Gasteiger partial charge < -0.3 is 0 Å². The second kappa shape index (κ2) is 5.63. The number of rotatable bonds is 4. The van der Waals surface area contributed by atoms with Gasteiger partial charge in [-0.1, -0.05) is 11.6 Å². The molecular formula is C9H8ClN3O3S. The summed E-state index contributed by atoms with van der Waals surface area (Å²) >= 11 is 5.61. The van der Waals surface area contributed by atoms with Crippen LogP contribution in [0.5, 0.6) is 0 Å². The van der Waals surface area contributed by atoms with Crippen molar-refractivity contribution in [2.75, 3.05) is 0 Å². The van der Waals surface area contributed by atoms with Crippen LogP contribution in [0.25, 0.3) is 0 Å². The van der Waals surface area contributed by atoms with Gasteiger partial charge >= 0.3 is 0 Å². The Kier molecular flexibility index (Phi) is 4.45. The number of nitrogens with zero attached hydrogens (tertiary/aromatic N) is 1. The maximum absolute atomic E-state index is 11.6. The number of carbonyl (C=O) groups is 1. The third-order valence-corrected chi connectivity index (χ3v) is 3.20. The average molecular weight is 274 g/mol. The predicted molar refractivity (Wildman–Crippen MR) is 60.1 cm³/mol. The Morgan fingerprint density at radius 1 is 1.35 bits per heavy atom. The van der Waals surface area contributed by atoms with Gasteiger partial charge in [-0.05, 0) is 24.3 Å². The smallest absolute Gasteiger partial charge is 0.257 e. The Morgan fingerprint density at radius 3 is 2.47 bits per heavy atom. The molecule has 0 saturated carbocycles. The highest BCUT2D eigenvalue weighted by molar-refractivity contribution is 7.89. The summed E-state index contributed by atoms with van der Waals surface area (Å²) in [6, 6.07) is 6.99. The molecule has 1 amide bonds. The molecule has 0 radical (unpaired) electrons. The summed E-state index contributed by atoms with van der Waals surface area (Å²) < 4.78 is 23.2. The Morgan fingerprint density at radius 2 is 1.94 bits per heavy atom. The monoisotopic (exact) mass is 273 g/mol. The molecular weight excluding hydrogens is 266 g/mol. The second-order valence-corrected chi connectivity index (χ2v) is 5.06. The van der Waals surface area contributed by atoms with Gasteiger partial charge in [0, 0.05) is 5.02 Å². The first-order valence-electron chi connectivity index (χ1n) is 4.39. The maximum atomic E-state index is 11.6. The van der Waals surface area contributed by atoms with Gasteiger partial charge in [-0.3, -0.25) is 10.2 Å². The lowest BCUT2D eigenvalue weighted by molar-refractivity contribution is -0.120. The minimum atomic E-state index is -3.84. The van der Waals surface area contributed by atoms with Crippen LogP contribution in [-0.2, 0) is 14.8 Å². The summed E-state index contributed by atoms with van der Waals surface area (Å²) in [6.45, 7) is 0. The lowest BCUT2D eigenvalue weighted by atomic mass is 10.4. The van der Waals surface area contributed by atoms with Crippen LogP contribution < -0.4 is 10.3 Å². The standard InChI is InChI=1S/C9H8ClN3O3S/c10-7-1-3-8(4-2-7)17(15,16)13-12-9(14)5-6-11/h1-4,13H,5H2,(H,12,14). The quantitative estimate of drug-likeness (QED) is 0.783. The minimum absolute atomic E-state index is 0.0424. The van der Waals surface area contributed by atoms with Gasteiger partial charge in [0.1, 0.15) is 6.42 Å². The lowest BCUT2D eigenvalue weighted by Crippen LogP contribution is -2.41. The fourth-order valence-corrected chi connectivity index (χ4v) is 1.90. The molecule has 90 valence electrons. The number of nitriles is 1. The number of amides is 1. The summed E-state index contributed by atoms with van der Waals surface area (Å²) in [5.41, 5.74) is 1.90. The number of hydrogen-bond acceptors (Lipinski definition) is 4. The van der Waals surface area contributed by atoms with Crippen molar-refractivity contribution in [1.29, 1.82) is 5.26 Å². The van der Waals surface area contributed by atoms with Gasteiger partial charge in [-0.25, -0.2) is 8.42 Å².